The van der Waals surface area contributed by atoms with Crippen molar-refractivity contribution in [1.29, 1.82) is 0 Å². The third kappa shape index (κ3) is 3.52. The largest absolute Gasteiger partial charge is 1.00 e. The molecular weight excluding hydrogens is 388 g/mol. The predicted molar refractivity (Wildman–Crippen MR) is 124 cm³/mol. The molecule has 1 nitrogen and oxygen atoms in total. The quantitative estimate of drug-likeness (QED) is 0.599. The second-order valence-corrected chi connectivity index (χ2v) is 13.2. The van der Waals surface area contributed by atoms with Crippen LogP contribution in [0.2, 0.25) is 0 Å². The maximum Gasteiger partial charge on any atom is 0.0545 e. The van der Waals surface area contributed by atoms with E-state index in [1.807, 2.05) is 0 Å². The van der Waals surface area contributed by atoms with Crippen molar-refractivity contribution in [3.8, 4) is 0 Å². The lowest BCUT2D eigenvalue weighted by molar-refractivity contribution is -0.201. The van der Waals surface area contributed by atoms with Crippen molar-refractivity contribution >= 4 is 0 Å². The van der Waals surface area contributed by atoms with E-state index >= 15 is 0 Å². The molecule has 0 radical (unpaired) electrons. The van der Waals surface area contributed by atoms with Crippen LogP contribution in [0.1, 0.15) is 125 Å². The molecule has 4 aliphatic rings. The van der Waals surface area contributed by atoms with Crippen molar-refractivity contribution in [3.63, 3.8) is 0 Å². The standard InChI is InChI=1S/C28H50O.ClH/c1-7-8-9-10-20(2)22-13-16-28(6)24-14-15-25(3)19-21(29)11-12-23(25)26(24,4)17-18-27(22,28)5;/h20-24,29H,7-19H2,1-6H3;1H/p-1/t20?,21-,22+,23?,24?,25-,26+,27+,28-;/m0./s1. The fourth-order valence-corrected chi connectivity index (χ4v) is 10.2. The van der Waals surface area contributed by atoms with Gasteiger partial charge in [0.25, 0.3) is 0 Å². The summed E-state index contributed by atoms with van der Waals surface area (Å²) < 4.78 is 0. The molecule has 4 rings (SSSR count). The Labute approximate surface area is 194 Å². The first-order valence-corrected chi connectivity index (χ1v) is 13.3. The van der Waals surface area contributed by atoms with Gasteiger partial charge >= 0.3 is 0 Å². The SMILES string of the molecule is CCCCCC(C)[C@H]1CC[C@@]2(C)C3CC[C@@]4(C)C[C@@H](O)CCC4[C@@]3(C)CC[C@]12C.[Cl-]. The fourth-order valence-electron chi connectivity index (χ4n) is 10.2. The Kier molecular flexibility index (Phi) is 7.09. The van der Waals surface area contributed by atoms with E-state index in [9.17, 15) is 5.11 Å². The minimum Gasteiger partial charge on any atom is -1.00 e. The number of aliphatic hydroxyl groups is 1. The molecule has 176 valence electrons. The van der Waals surface area contributed by atoms with E-state index in [1.165, 1.54) is 70.6 Å². The highest BCUT2D eigenvalue weighted by Crippen LogP contribution is 2.76. The van der Waals surface area contributed by atoms with Gasteiger partial charge < -0.3 is 17.5 Å². The molecule has 1 N–H and O–H groups in total. The number of hydrogen-bond donors (Lipinski definition) is 1. The maximum atomic E-state index is 10.4. The third-order valence-corrected chi connectivity index (χ3v) is 11.9. The summed E-state index contributed by atoms with van der Waals surface area (Å²) in [5.74, 6) is 3.57. The van der Waals surface area contributed by atoms with Crippen molar-refractivity contribution < 1.29 is 17.5 Å². The first-order valence-electron chi connectivity index (χ1n) is 13.3. The molecule has 0 amide bonds. The van der Waals surface area contributed by atoms with Gasteiger partial charge in [0.2, 0.25) is 0 Å². The van der Waals surface area contributed by atoms with E-state index in [-0.39, 0.29) is 18.5 Å². The van der Waals surface area contributed by atoms with Crippen LogP contribution in [0.15, 0.2) is 0 Å². The summed E-state index contributed by atoms with van der Waals surface area (Å²) in [5.41, 5.74) is 1.96. The van der Waals surface area contributed by atoms with Gasteiger partial charge in [0.1, 0.15) is 0 Å². The maximum absolute atomic E-state index is 10.4. The summed E-state index contributed by atoms with van der Waals surface area (Å²) in [6, 6.07) is 0. The highest BCUT2D eigenvalue weighted by molar-refractivity contribution is 5.17. The molecule has 4 fully saturated rings. The summed E-state index contributed by atoms with van der Waals surface area (Å²) in [4.78, 5) is 0. The van der Waals surface area contributed by atoms with Gasteiger partial charge in [0.15, 0.2) is 0 Å². The van der Waals surface area contributed by atoms with Crippen molar-refractivity contribution in [1.82, 2.24) is 0 Å². The minimum atomic E-state index is -0.0410. The highest BCUT2D eigenvalue weighted by Gasteiger charge is 2.68. The van der Waals surface area contributed by atoms with Crippen LogP contribution in [0.4, 0.5) is 0 Å². The zero-order valence-electron chi connectivity index (χ0n) is 20.9. The first kappa shape index (κ1) is 24.9. The summed E-state index contributed by atoms with van der Waals surface area (Å²) in [6.07, 6.45) is 17.6. The number of halogens is 1. The van der Waals surface area contributed by atoms with Gasteiger partial charge in [-0.05, 0) is 103 Å². The molecule has 0 aromatic rings. The van der Waals surface area contributed by atoms with Crippen molar-refractivity contribution in [2.24, 2.45) is 45.3 Å². The van der Waals surface area contributed by atoms with E-state index in [2.05, 4.69) is 41.5 Å². The van der Waals surface area contributed by atoms with Gasteiger partial charge in [-0.3, -0.25) is 0 Å². The highest BCUT2D eigenvalue weighted by atomic mass is 35.5. The summed E-state index contributed by atoms with van der Waals surface area (Å²) in [6.45, 7) is 15.6. The number of unbranched alkanes of at least 4 members (excludes halogenated alkanes) is 2. The molecule has 0 spiro atoms. The topological polar surface area (TPSA) is 20.2 Å². The molecule has 3 unspecified atom stereocenters. The number of fused-ring (bicyclic) bond motifs is 5. The van der Waals surface area contributed by atoms with Crippen molar-refractivity contribution in [2.75, 3.05) is 0 Å². The Hall–Kier alpha value is 0.250. The van der Waals surface area contributed by atoms with E-state index < -0.39 is 0 Å². The van der Waals surface area contributed by atoms with E-state index in [1.54, 1.807) is 0 Å². The van der Waals surface area contributed by atoms with Crippen molar-refractivity contribution in [2.45, 2.75) is 131 Å². The number of hydrogen-bond acceptors (Lipinski definition) is 1. The summed E-state index contributed by atoms with van der Waals surface area (Å²) >= 11 is 0. The molecule has 2 heteroatoms. The van der Waals surface area contributed by atoms with Gasteiger partial charge in [-0.1, -0.05) is 67.2 Å². The van der Waals surface area contributed by atoms with Crippen LogP contribution >= 0.6 is 0 Å². The van der Waals surface area contributed by atoms with Gasteiger partial charge in [-0.25, -0.2) is 0 Å². The normalized spacial score (nSPS) is 51.3. The molecule has 0 saturated heterocycles. The molecular formula is C28H50ClO-. The monoisotopic (exact) mass is 437 g/mol. The molecule has 0 aromatic heterocycles. The Morgan fingerprint density at radius 2 is 1.57 bits per heavy atom. The predicted octanol–water partition coefficient (Wildman–Crippen LogP) is 5.01. The lowest BCUT2D eigenvalue weighted by Gasteiger charge is -2.68. The smallest absolute Gasteiger partial charge is 0.0545 e. The van der Waals surface area contributed by atoms with Gasteiger partial charge in [0, 0.05) is 0 Å². The molecule has 9 atom stereocenters. The zero-order chi connectivity index (χ0) is 21.1. The van der Waals surface area contributed by atoms with Gasteiger partial charge in [-0.15, -0.1) is 0 Å². The average Bonchev–Trinajstić information content (AvgIpc) is 2.92. The van der Waals surface area contributed by atoms with E-state index in [0.29, 0.717) is 21.7 Å². The number of aliphatic hydroxyl groups excluding tert-OH is 1. The number of rotatable bonds is 5. The molecule has 0 aromatic carbocycles. The Morgan fingerprint density at radius 1 is 0.833 bits per heavy atom. The molecule has 0 bridgehead atoms. The zero-order valence-corrected chi connectivity index (χ0v) is 21.7. The Morgan fingerprint density at radius 3 is 2.27 bits per heavy atom. The molecule has 0 heterocycles. The Bertz CT molecular complexity index is 605. The van der Waals surface area contributed by atoms with Crippen LogP contribution in [0.3, 0.4) is 0 Å². The van der Waals surface area contributed by atoms with Crippen LogP contribution in [0, 0.1) is 45.3 Å². The molecule has 0 aliphatic heterocycles. The van der Waals surface area contributed by atoms with Crippen LogP contribution in [-0.2, 0) is 0 Å². The fraction of sp³-hybridized carbons (Fsp3) is 1.00. The minimum absolute atomic E-state index is 0. The van der Waals surface area contributed by atoms with Crippen LogP contribution in [0.5, 0.6) is 0 Å². The second-order valence-electron chi connectivity index (χ2n) is 13.2. The van der Waals surface area contributed by atoms with Crippen molar-refractivity contribution in [3.05, 3.63) is 0 Å². The Balaban J connectivity index is 0.00000256. The van der Waals surface area contributed by atoms with E-state index in [4.69, 9.17) is 0 Å². The van der Waals surface area contributed by atoms with E-state index in [0.717, 1.165) is 36.5 Å². The lowest BCUT2D eigenvalue weighted by Crippen LogP contribution is -3.00. The van der Waals surface area contributed by atoms with Crippen LogP contribution in [-0.4, -0.2) is 11.2 Å². The molecule has 4 aliphatic carbocycles. The molecule has 4 saturated carbocycles. The van der Waals surface area contributed by atoms with Crippen LogP contribution in [0.25, 0.3) is 0 Å². The third-order valence-electron chi connectivity index (χ3n) is 11.9. The summed E-state index contributed by atoms with van der Waals surface area (Å²) in [7, 11) is 0. The lowest BCUT2D eigenvalue weighted by atomic mass is 9.36. The average molecular weight is 438 g/mol. The van der Waals surface area contributed by atoms with Gasteiger partial charge in [-0.2, -0.15) is 0 Å². The molecule has 30 heavy (non-hydrogen) atoms. The van der Waals surface area contributed by atoms with Crippen LogP contribution < -0.4 is 12.4 Å². The first-order chi connectivity index (χ1) is 13.6. The summed E-state index contributed by atoms with van der Waals surface area (Å²) in [5, 5.41) is 10.4. The second kappa shape index (κ2) is 8.55. The van der Waals surface area contributed by atoms with Gasteiger partial charge in [0.05, 0.1) is 6.10 Å².